The number of amides is 1. The molecule has 1 fully saturated rings. The van der Waals surface area contributed by atoms with Gasteiger partial charge in [-0.3, -0.25) is 9.78 Å². The van der Waals surface area contributed by atoms with Crippen LogP contribution in [0.2, 0.25) is 0 Å². The Labute approximate surface area is 247 Å². The van der Waals surface area contributed by atoms with E-state index < -0.39 is 18.7 Å². The number of nitrogens with zero attached hydrogens (tertiary/aromatic N) is 6. The van der Waals surface area contributed by atoms with Crippen molar-refractivity contribution < 1.29 is 36.9 Å². The van der Waals surface area contributed by atoms with E-state index >= 15 is 0 Å². The van der Waals surface area contributed by atoms with Crippen LogP contribution in [0.5, 0.6) is 28.7 Å². The maximum Gasteiger partial charge on any atom is 0.422 e. The van der Waals surface area contributed by atoms with Crippen LogP contribution in [0.3, 0.4) is 0 Å². The summed E-state index contributed by atoms with van der Waals surface area (Å²) < 4.78 is 61.9. The number of anilines is 1. The highest BCUT2D eigenvalue weighted by atomic mass is 19.4. The van der Waals surface area contributed by atoms with Gasteiger partial charge in [0.2, 0.25) is 0 Å². The number of hydrogen-bond donors (Lipinski definition) is 1. The van der Waals surface area contributed by atoms with Crippen molar-refractivity contribution in [1.29, 1.82) is 0 Å². The Balaban J connectivity index is 1.22. The molecule has 1 N–H and O–H groups in total. The molecule has 1 aliphatic carbocycles. The minimum absolute atomic E-state index is 0.103. The number of alkyl halides is 3. The van der Waals surface area contributed by atoms with Gasteiger partial charge in [-0.25, -0.2) is 19.6 Å². The molecule has 1 aliphatic rings. The van der Waals surface area contributed by atoms with Crippen molar-refractivity contribution >= 4 is 22.6 Å². The first-order valence-electron chi connectivity index (χ1n) is 13.3. The van der Waals surface area contributed by atoms with Gasteiger partial charge < -0.3 is 24.3 Å². The summed E-state index contributed by atoms with van der Waals surface area (Å²) in [4.78, 5) is 30.1. The average Bonchev–Trinajstić information content (AvgIpc) is 3.78. The molecule has 12 nitrogen and oxygen atoms in total. The molecular weight excluding hydrogens is 583 g/mol. The second kappa shape index (κ2) is 11.7. The van der Waals surface area contributed by atoms with Gasteiger partial charge in [-0.15, -0.1) is 0 Å². The van der Waals surface area contributed by atoms with Crippen LogP contribution in [0, 0.1) is 0 Å². The zero-order valence-electron chi connectivity index (χ0n) is 23.3. The number of aromatic nitrogens is 6. The molecule has 0 aliphatic heterocycles. The molecule has 0 spiro atoms. The third kappa shape index (κ3) is 6.16. The molecule has 0 atom stereocenters. The summed E-state index contributed by atoms with van der Waals surface area (Å²) in [5.41, 5.74) is 1.39. The van der Waals surface area contributed by atoms with Gasteiger partial charge in [0.15, 0.2) is 29.5 Å². The summed E-state index contributed by atoms with van der Waals surface area (Å²) in [5, 5.41) is 7.44. The van der Waals surface area contributed by atoms with Crippen molar-refractivity contribution in [2.45, 2.75) is 24.9 Å². The molecule has 4 aromatic heterocycles. The van der Waals surface area contributed by atoms with Crippen LogP contribution in [0.25, 0.3) is 16.6 Å². The first-order valence-corrected chi connectivity index (χ1v) is 13.3. The molecule has 1 aromatic carbocycles. The molecule has 5 aromatic rings. The summed E-state index contributed by atoms with van der Waals surface area (Å²) in [6.07, 6.45) is 4.26. The van der Waals surface area contributed by atoms with E-state index in [-0.39, 0.29) is 23.2 Å². The van der Waals surface area contributed by atoms with Crippen LogP contribution in [-0.4, -0.2) is 62.6 Å². The van der Waals surface area contributed by atoms with Crippen LogP contribution < -0.4 is 24.3 Å². The molecule has 0 unspecified atom stereocenters. The number of pyridine rings is 2. The van der Waals surface area contributed by atoms with E-state index in [1.807, 2.05) is 0 Å². The van der Waals surface area contributed by atoms with Gasteiger partial charge in [0.25, 0.3) is 5.91 Å². The molecule has 0 radical (unpaired) electrons. The second-order valence-electron chi connectivity index (χ2n) is 9.73. The SMILES string of the molecule is COc1cc2nccc(Oc3ccc(NC(=O)c4nn(-c5cncnc5C5CC5)cc4OCC(F)(F)F)nc3)c2cc1OC. The smallest absolute Gasteiger partial charge is 0.422 e. The predicted octanol–water partition coefficient (Wildman–Crippen LogP) is 5.49. The van der Waals surface area contributed by atoms with Gasteiger partial charge in [-0.2, -0.15) is 18.3 Å². The van der Waals surface area contributed by atoms with Crippen LogP contribution >= 0.6 is 0 Å². The lowest BCUT2D eigenvalue weighted by Gasteiger charge is -2.12. The topological polar surface area (TPSA) is 135 Å². The number of methoxy groups -OCH3 is 2. The molecule has 0 saturated heterocycles. The predicted molar refractivity (Wildman–Crippen MR) is 150 cm³/mol. The maximum atomic E-state index is 13.2. The van der Waals surface area contributed by atoms with E-state index in [1.54, 1.807) is 30.5 Å². The van der Waals surface area contributed by atoms with Crippen molar-refractivity contribution in [3.05, 3.63) is 72.8 Å². The van der Waals surface area contributed by atoms with Crippen molar-refractivity contribution in [3.63, 3.8) is 0 Å². The fourth-order valence-corrected chi connectivity index (χ4v) is 4.44. The minimum atomic E-state index is -4.63. The Morgan fingerprint density at radius 1 is 1.00 bits per heavy atom. The number of nitrogens with one attached hydrogen (secondary N) is 1. The first kappa shape index (κ1) is 28.6. The number of fused-ring (bicyclic) bond motifs is 1. The highest BCUT2D eigenvalue weighted by molar-refractivity contribution is 6.04. The fourth-order valence-electron chi connectivity index (χ4n) is 4.44. The molecule has 1 amide bonds. The summed E-state index contributed by atoms with van der Waals surface area (Å²) in [7, 11) is 3.05. The van der Waals surface area contributed by atoms with Crippen LogP contribution in [0.1, 0.15) is 34.9 Å². The normalized spacial score (nSPS) is 13.0. The lowest BCUT2D eigenvalue weighted by molar-refractivity contribution is -0.153. The number of halogens is 3. The Hall–Kier alpha value is -5.47. The number of hydrogen-bond acceptors (Lipinski definition) is 10. The van der Waals surface area contributed by atoms with Crippen molar-refractivity contribution in [2.24, 2.45) is 0 Å². The number of benzene rings is 1. The lowest BCUT2D eigenvalue weighted by atomic mass is 10.2. The van der Waals surface area contributed by atoms with Crippen molar-refractivity contribution in [3.8, 4) is 34.4 Å². The molecule has 4 heterocycles. The Kier molecular flexibility index (Phi) is 7.59. The van der Waals surface area contributed by atoms with Gasteiger partial charge in [0.1, 0.15) is 29.3 Å². The van der Waals surface area contributed by atoms with Gasteiger partial charge in [-0.1, -0.05) is 0 Å². The van der Waals surface area contributed by atoms with E-state index in [9.17, 15) is 18.0 Å². The molecule has 0 bridgehead atoms. The maximum absolute atomic E-state index is 13.2. The van der Waals surface area contributed by atoms with Crippen LogP contribution in [0.4, 0.5) is 19.0 Å². The highest BCUT2D eigenvalue weighted by Crippen LogP contribution is 2.41. The highest BCUT2D eigenvalue weighted by Gasteiger charge is 2.32. The summed E-state index contributed by atoms with van der Waals surface area (Å²) >= 11 is 0. The van der Waals surface area contributed by atoms with Gasteiger partial charge in [0, 0.05) is 23.6 Å². The number of ether oxygens (including phenoxy) is 4. The van der Waals surface area contributed by atoms with Gasteiger partial charge in [-0.05, 0) is 37.1 Å². The third-order valence-electron chi connectivity index (χ3n) is 6.63. The zero-order valence-corrected chi connectivity index (χ0v) is 23.3. The van der Waals surface area contributed by atoms with E-state index in [2.05, 4.69) is 30.4 Å². The summed E-state index contributed by atoms with van der Waals surface area (Å²) in [6, 6.07) is 8.19. The Morgan fingerprint density at radius 3 is 2.50 bits per heavy atom. The number of carbonyl (C=O) groups is 1. The van der Waals surface area contributed by atoms with E-state index in [1.165, 1.54) is 49.9 Å². The standard InChI is InChI=1S/C29H24F3N7O5/c1-41-22-9-18-19(10-23(22)42-2)34-8-7-21(18)44-17-5-6-25(35-11-17)37-28(40)27-24(43-14-29(30,31)32)13-39(38-27)20-12-33-15-36-26(20)16-3-4-16/h5-13,15-16H,3-4,14H2,1-2H3,(H,35,37,40). The van der Waals surface area contributed by atoms with Crippen LogP contribution in [0.15, 0.2) is 61.4 Å². The zero-order chi connectivity index (χ0) is 30.8. The Bertz CT molecular complexity index is 1830. The molecule has 6 rings (SSSR count). The monoisotopic (exact) mass is 607 g/mol. The number of rotatable bonds is 10. The van der Waals surface area contributed by atoms with Gasteiger partial charge >= 0.3 is 6.18 Å². The Morgan fingerprint density at radius 2 is 1.80 bits per heavy atom. The second-order valence-corrected chi connectivity index (χ2v) is 9.73. The molecule has 44 heavy (non-hydrogen) atoms. The summed E-state index contributed by atoms with van der Waals surface area (Å²) in [5.74, 6) is 0.945. The molecular formula is C29H24F3N7O5. The summed E-state index contributed by atoms with van der Waals surface area (Å²) in [6.45, 7) is -1.60. The lowest BCUT2D eigenvalue weighted by Crippen LogP contribution is -2.21. The minimum Gasteiger partial charge on any atom is -0.493 e. The quantitative estimate of drug-likeness (QED) is 0.217. The van der Waals surface area contributed by atoms with Crippen molar-refractivity contribution in [1.82, 2.24) is 29.7 Å². The molecule has 226 valence electrons. The molecule has 1 saturated carbocycles. The molecule has 15 heteroatoms. The van der Waals surface area contributed by atoms with Crippen molar-refractivity contribution in [2.75, 3.05) is 26.1 Å². The van der Waals surface area contributed by atoms with E-state index in [4.69, 9.17) is 18.9 Å². The van der Waals surface area contributed by atoms with E-state index in [0.29, 0.717) is 45.3 Å². The van der Waals surface area contributed by atoms with E-state index in [0.717, 1.165) is 12.8 Å². The van der Waals surface area contributed by atoms with Gasteiger partial charge in [0.05, 0.1) is 44.0 Å². The largest absolute Gasteiger partial charge is 0.493 e. The third-order valence-corrected chi connectivity index (χ3v) is 6.63. The average molecular weight is 608 g/mol. The first-order chi connectivity index (χ1) is 21.2. The number of carbonyl (C=O) groups excluding carboxylic acids is 1. The van der Waals surface area contributed by atoms with Crippen LogP contribution in [-0.2, 0) is 0 Å². The fraction of sp³-hybridized carbons (Fsp3) is 0.241.